The van der Waals surface area contributed by atoms with Crippen molar-refractivity contribution in [1.29, 1.82) is 0 Å². The van der Waals surface area contributed by atoms with E-state index in [4.69, 9.17) is 5.11 Å². The molecule has 1 aliphatic carbocycles. The van der Waals surface area contributed by atoms with Crippen LogP contribution >= 0.6 is 0 Å². The molecule has 0 aromatic rings. The van der Waals surface area contributed by atoms with E-state index in [1.807, 2.05) is 32.9 Å². The normalized spacial score (nSPS) is 33.1. The lowest BCUT2D eigenvalue weighted by atomic mass is 9.61. The first-order chi connectivity index (χ1) is 9.50. The van der Waals surface area contributed by atoms with Crippen LogP contribution in [0, 0.1) is 5.41 Å². The Bertz CT molecular complexity index is 477. The molecule has 0 aliphatic heterocycles. The first-order valence-corrected chi connectivity index (χ1v) is 7.37. The molecule has 0 aromatic heterocycles. The van der Waals surface area contributed by atoms with Crippen molar-refractivity contribution in [1.82, 2.24) is 0 Å². The van der Waals surface area contributed by atoms with E-state index in [-0.39, 0.29) is 12.0 Å². The fourth-order valence-corrected chi connectivity index (χ4v) is 3.53. The second kappa shape index (κ2) is 6.33. The van der Waals surface area contributed by atoms with Gasteiger partial charge in [0.1, 0.15) is 0 Å². The molecular weight excluding hydrogens is 264 g/mol. The largest absolute Gasteiger partial charge is 0.392 e. The summed E-state index contributed by atoms with van der Waals surface area (Å²) in [5.74, 6) is 0. The highest BCUT2D eigenvalue weighted by atomic mass is 16.3. The van der Waals surface area contributed by atoms with Crippen molar-refractivity contribution in [3.8, 4) is 0 Å². The van der Waals surface area contributed by atoms with Crippen LogP contribution in [0.4, 0.5) is 0 Å². The number of hydrogen-bond acceptors (Lipinski definition) is 3. The van der Waals surface area contributed by atoms with Crippen LogP contribution in [0.15, 0.2) is 41.2 Å². The fourth-order valence-electron chi connectivity index (χ4n) is 3.53. The van der Waals surface area contributed by atoms with Crippen LogP contribution < -0.4 is 0 Å². The van der Waals surface area contributed by atoms with Crippen LogP contribution in [0.5, 0.6) is 0 Å². The Hall–Kier alpha value is -1.12. The summed E-state index contributed by atoms with van der Waals surface area (Å²) in [6, 6.07) is 0. The molecule has 0 heterocycles. The van der Waals surface area contributed by atoms with Crippen LogP contribution in [0.1, 0.15) is 47.5 Å². The molecule has 1 aliphatic rings. The molecule has 21 heavy (non-hydrogen) atoms. The summed E-state index contributed by atoms with van der Waals surface area (Å²) in [6.45, 7) is 9.52. The molecule has 1 fully saturated rings. The number of allylic oxidation sites excluding steroid dienone is 3. The fraction of sp³-hybridized carbons (Fsp3) is 0.611. The summed E-state index contributed by atoms with van der Waals surface area (Å²) < 4.78 is 0. The Morgan fingerprint density at radius 2 is 1.81 bits per heavy atom. The van der Waals surface area contributed by atoms with Gasteiger partial charge in [0.25, 0.3) is 0 Å². The Balaban J connectivity index is 3.17. The summed E-state index contributed by atoms with van der Waals surface area (Å²) >= 11 is 0. The Morgan fingerprint density at radius 3 is 2.33 bits per heavy atom. The highest BCUT2D eigenvalue weighted by Gasteiger charge is 2.49. The molecule has 118 valence electrons. The second-order valence-corrected chi connectivity index (χ2v) is 7.19. The van der Waals surface area contributed by atoms with E-state index in [0.717, 1.165) is 11.1 Å². The van der Waals surface area contributed by atoms with E-state index in [9.17, 15) is 10.2 Å². The summed E-state index contributed by atoms with van der Waals surface area (Å²) in [5.41, 5.74) is 2.78. The maximum Gasteiger partial charge on any atom is 0.0934 e. The molecule has 0 amide bonds. The lowest BCUT2D eigenvalue weighted by Crippen LogP contribution is -2.50. The van der Waals surface area contributed by atoms with Gasteiger partial charge in [0, 0.05) is 12.0 Å². The van der Waals surface area contributed by atoms with Crippen molar-refractivity contribution in [3.05, 3.63) is 41.2 Å². The van der Waals surface area contributed by atoms with Gasteiger partial charge in [-0.3, -0.25) is 0 Å². The molecule has 3 N–H and O–H groups in total. The van der Waals surface area contributed by atoms with E-state index in [1.54, 1.807) is 26.0 Å². The molecule has 0 saturated heterocycles. The molecule has 2 atom stereocenters. The second-order valence-electron chi connectivity index (χ2n) is 7.19. The minimum absolute atomic E-state index is 0.0193. The van der Waals surface area contributed by atoms with Gasteiger partial charge in [-0.05, 0) is 44.3 Å². The van der Waals surface area contributed by atoms with Crippen LogP contribution in [0.25, 0.3) is 0 Å². The molecule has 1 rings (SSSR count). The van der Waals surface area contributed by atoms with Crippen LogP contribution in [-0.2, 0) is 0 Å². The van der Waals surface area contributed by atoms with Gasteiger partial charge in [0.2, 0.25) is 0 Å². The van der Waals surface area contributed by atoms with Gasteiger partial charge in [-0.2, -0.15) is 0 Å². The molecule has 3 nitrogen and oxygen atoms in total. The summed E-state index contributed by atoms with van der Waals surface area (Å²) in [4.78, 5) is 0. The number of hydrogen-bond donors (Lipinski definition) is 3. The highest BCUT2D eigenvalue weighted by Crippen LogP contribution is 2.49. The van der Waals surface area contributed by atoms with Crippen molar-refractivity contribution in [2.24, 2.45) is 5.41 Å². The van der Waals surface area contributed by atoms with Crippen molar-refractivity contribution >= 4 is 0 Å². The molecular formula is C18H28O3. The van der Waals surface area contributed by atoms with E-state index < -0.39 is 11.2 Å². The standard InChI is InChI=1S/C18H28O3/c1-14(8-6-7-11-19)9-10-15-16(2,3)12-17(4,20)13-18(15,5)21/h6-9,19-21H,11-13H2,1-5H3/b7-6+,14-8+/t10?,17-,18+/m1/s1. The molecule has 3 heteroatoms. The average Bonchev–Trinajstić information content (AvgIpc) is 2.23. The van der Waals surface area contributed by atoms with E-state index in [0.29, 0.717) is 12.8 Å². The molecule has 0 spiro atoms. The number of aliphatic hydroxyl groups excluding tert-OH is 1. The van der Waals surface area contributed by atoms with Gasteiger partial charge in [0.15, 0.2) is 0 Å². The summed E-state index contributed by atoms with van der Waals surface area (Å²) in [6.07, 6.45) is 8.07. The SMILES string of the molecule is C/C(C=C=C1C(C)(C)C[C@@](C)(O)C[C@]1(C)O)=C\C=C\CO. The third-order valence-electron chi connectivity index (χ3n) is 3.81. The zero-order valence-corrected chi connectivity index (χ0v) is 13.8. The number of rotatable bonds is 3. The predicted octanol–water partition coefficient (Wildman–Crippen LogP) is 2.88. The molecule has 0 aromatic carbocycles. The lowest BCUT2D eigenvalue weighted by Gasteiger charge is -2.48. The van der Waals surface area contributed by atoms with Gasteiger partial charge >= 0.3 is 0 Å². The maximum atomic E-state index is 10.7. The molecule has 0 bridgehead atoms. The topological polar surface area (TPSA) is 60.7 Å². The zero-order valence-electron chi connectivity index (χ0n) is 13.8. The number of aliphatic hydroxyl groups is 3. The molecule has 0 radical (unpaired) electrons. The highest BCUT2D eigenvalue weighted by molar-refractivity contribution is 5.31. The van der Waals surface area contributed by atoms with Crippen LogP contribution in [-0.4, -0.2) is 33.1 Å². The third-order valence-corrected chi connectivity index (χ3v) is 3.81. The van der Waals surface area contributed by atoms with Crippen molar-refractivity contribution in [2.45, 2.75) is 58.7 Å². The van der Waals surface area contributed by atoms with E-state index in [1.165, 1.54) is 0 Å². The monoisotopic (exact) mass is 292 g/mol. The maximum absolute atomic E-state index is 10.7. The van der Waals surface area contributed by atoms with E-state index >= 15 is 0 Å². The molecule has 0 unspecified atom stereocenters. The first kappa shape index (κ1) is 17.9. The predicted molar refractivity (Wildman–Crippen MR) is 85.8 cm³/mol. The average molecular weight is 292 g/mol. The Morgan fingerprint density at radius 1 is 1.19 bits per heavy atom. The summed E-state index contributed by atoms with van der Waals surface area (Å²) in [7, 11) is 0. The van der Waals surface area contributed by atoms with Crippen molar-refractivity contribution in [2.75, 3.05) is 6.61 Å². The van der Waals surface area contributed by atoms with Gasteiger partial charge in [0.05, 0.1) is 17.8 Å². The minimum Gasteiger partial charge on any atom is -0.392 e. The van der Waals surface area contributed by atoms with Gasteiger partial charge in [-0.1, -0.05) is 32.1 Å². The Labute approximate surface area is 128 Å². The zero-order chi connectivity index (χ0) is 16.3. The third kappa shape index (κ3) is 4.98. The quantitative estimate of drug-likeness (QED) is 0.554. The van der Waals surface area contributed by atoms with Gasteiger partial charge in [-0.25, -0.2) is 0 Å². The van der Waals surface area contributed by atoms with Crippen LogP contribution in [0.3, 0.4) is 0 Å². The van der Waals surface area contributed by atoms with Crippen molar-refractivity contribution < 1.29 is 15.3 Å². The van der Waals surface area contributed by atoms with Gasteiger partial charge < -0.3 is 15.3 Å². The van der Waals surface area contributed by atoms with Crippen LogP contribution in [0.2, 0.25) is 0 Å². The summed E-state index contributed by atoms with van der Waals surface area (Å²) in [5, 5.41) is 29.7. The Kier molecular flexibility index (Phi) is 5.40. The first-order valence-electron chi connectivity index (χ1n) is 7.37. The smallest absolute Gasteiger partial charge is 0.0934 e. The van der Waals surface area contributed by atoms with Crippen molar-refractivity contribution in [3.63, 3.8) is 0 Å². The minimum atomic E-state index is -1.07. The lowest BCUT2D eigenvalue weighted by molar-refractivity contribution is -0.0834. The van der Waals surface area contributed by atoms with E-state index in [2.05, 4.69) is 5.73 Å². The molecule has 1 saturated carbocycles. The van der Waals surface area contributed by atoms with Gasteiger partial charge in [-0.15, -0.1) is 5.73 Å².